The highest BCUT2D eigenvalue weighted by molar-refractivity contribution is 7.89. The summed E-state index contributed by atoms with van der Waals surface area (Å²) in [6.45, 7) is 4.62. The topological polar surface area (TPSA) is 126 Å². The van der Waals surface area contributed by atoms with Gasteiger partial charge in [-0.25, -0.2) is 13.1 Å². The van der Waals surface area contributed by atoms with Crippen LogP contribution in [0.1, 0.15) is 31.0 Å². The summed E-state index contributed by atoms with van der Waals surface area (Å²) < 4.78 is 34.9. The van der Waals surface area contributed by atoms with E-state index in [0.717, 1.165) is 16.2 Å². The van der Waals surface area contributed by atoms with Crippen molar-refractivity contribution < 1.29 is 22.7 Å². The van der Waals surface area contributed by atoms with Crippen LogP contribution in [-0.4, -0.2) is 65.5 Å². The van der Waals surface area contributed by atoms with Crippen molar-refractivity contribution in [3.05, 3.63) is 119 Å². The number of benzene rings is 3. The molecule has 1 atom stereocenters. The molecular weight excluding hydrogens is 602 g/mol. The maximum absolute atomic E-state index is 14.0. The molecule has 46 heavy (non-hydrogen) atoms. The minimum atomic E-state index is -3.70. The number of aromatic nitrogens is 2. The monoisotopic (exact) mass is 633 g/mol. The van der Waals surface area contributed by atoms with Crippen molar-refractivity contribution in [2.24, 2.45) is 0 Å². The maximum Gasteiger partial charge on any atom is 0.272 e. The average molecular weight is 634 g/mol. The van der Waals surface area contributed by atoms with Gasteiger partial charge in [-0.15, -0.1) is 0 Å². The highest BCUT2D eigenvalue weighted by Gasteiger charge is 2.39. The first-order valence-corrected chi connectivity index (χ1v) is 16.2. The summed E-state index contributed by atoms with van der Waals surface area (Å²) in [5, 5.41) is 14.8. The van der Waals surface area contributed by atoms with Crippen molar-refractivity contribution in [2.75, 3.05) is 26.3 Å². The summed E-state index contributed by atoms with van der Waals surface area (Å²) >= 11 is 0. The van der Waals surface area contributed by atoms with Crippen LogP contribution in [0.5, 0.6) is 0 Å². The highest BCUT2D eigenvalue weighted by atomic mass is 32.2. The van der Waals surface area contributed by atoms with Crippen LogP contribution >= 0.6 is 0 Å². The number of sulfonamides is 1. The van der Waals surface area contributed by atoms with E-state index in [4.69, 9.17) is 9.84 Å². The Morgan fingerprint density at radius 1 is 0.913 bits per heavy atom. The van der Waals surface area contributed by atoms with E-state index in [2.05, 4.69) is 0 Å². The van der Waals surface area contributed by atoms with Gasteiger partial charge in [0, 0.05) is 36.0 Å². The highest BCUT2D eigenvalue weighted by Crippen LogP contribution is 2.35. The Bertz CT molecular complexity index is 2000. The van der Waals surface area contributed by atoms with E-state index in [-0.39, 0.29) is 34.7 Å². The van der Waals surface area contributed by atoms with Crippen LogP contribution in [-0.2, 0) is 24.3 Å². The van der Waals surface area contributed by atoms with E-state index >= 15 is 0 Å². The summed E-state index contributed by atoms with van der Waals surface area (Å²) in [6, 6.07) is 26.5. The lowest BCUT2D eigenvalue weighted by molar-refractivity contribution is -0.143. The largest absolute Gasteiger partial charge is 0.379 e. The molecule has 4 aromatic rings. The molecule has 1 saturated heterocycles. The summed E-state index contributed by atoms with van der Waals surface area (Å²) in [7, 11) is -3.70. The quantitative estimate of drug-likeness (QED) is 0.209. The Labute approximate surface area is 267 Å². The second-order valence-corrected chi connectivity index (χ2v) is 12.9. The number of nitrogens with zero attached hydrogens (tertiary/aromatic N) is 5. The fourth-order valence-corrected chi connectivity index (χ4v) is 7.05. The molecule has 6 rings (SSSR count). The predicted molar refractivity (Wildman–Crippen MR) is 172 cm³/mol. The number of rotatable bonds is 7. The number of morpholine rings is 1. The first kappa shape index (κ1) is 30.9. The maximum atomic E-state index is 14.0. The van der Waals surface area contributed by atoms with Crippen LogP contribution < -0.4 is 0 Å². The number of hydrogen-bond donors (Lipinski definition) is 0. The third-order valence-electron chi connectivity index (χ3n) is 8.24. The molecule has 0 spiro atoms. The van der Waals surface area contributed by atoms with Crippen molar-refractivity contribution in [2.45, 2.75) is 24.8 Å². The lowest BCUT2D eigenvalue weighted by atomic mass is 9.91. The van der Waals surface area contributed by atoms with Gasteiger partial charge in [-0.3, -0.25) is 14.5 Å². The lowest BCUT2D eigenvalue weighted by Crippen LogP contribution is -2.44. The van der Waals surface area contributed by atoms with Crippen molar-refractivity contribution in [1.82, 2.24) is 19.0 Å². The fourth-order valence-electron chi connectivity index (χ4n) is 5.64. The number of carbonyl (C=O) groups excluding carboxylic acids is 2. The molecule has 1 fully saturated rings. The van der Waals surface area contributed by atoms with Gasteiger partial charge in [-0.05, 0) is 55.3 Å². The molecule has 0 aliphatic carbocycles. The van der Waals surface area contributed by atoms with Crippen molar-refractivity contribution in [1.29, 1.82) is 5.26 Å². The Balaban J connectivity index is 1.45. The smallest absolute Gasteiger partial charge is 0.272 e. The van der Waals surface area contributed by atoms with Crippen LogP contribution in [0.3, 0.4) is 0 Å². The normalized spacial score (nSPS) is 17.8. The van der Waals surface area contributed by atoms with Crippen LogP contribution in [0.25, 0.3) is 23.0 Å². The zero-order valence-electron chi connectivity index (χ0n) is 25.3. The minimum Gasteiger partial charge on any atom is -0.379 e. The SMILES string of the molecule is CC1=C(C#N)C(=O)N(C(C)c2ccccc2)C(=O)/C1=C/c1cn(-c2ccccc2)nc1-c1ccc(S(=O)(=O)N2CCOCC2)cc1. The van der Waals surface area contributed by atoms with Gasteiger partial charge in [0.1, 0.15) is 11.6 Å². The van der Waals surface area contributed by atoms with Gasteiger partial charge >= 0.3 is 0 Å². The van der Waals surface area contributed by atoms with Gasteiger partial charge in [0.2, 0.25) is 10.0 Å². The Kier molecular flexibility index (Phi) is 8.51. The zero-order valence-corrected chi connectivity index (χ0v) is 26.1. The standard InChI is InChI=1S/C35H31N5O5S/c1-24-31(34(41)40(35(42)32(24)22-36)25(2)26-9-5-3-6-10-26)21-28-23-39(29-11-7-4-8-12-29)37-33(28)27-13-15-30(16-14-27)46(43,44)38-17-19-45-20-18-38/h3-16,21,23,25H,17-20H2,1-2H3/b31-21+. The third kappa shape index (κ3) is 5.70. The Morgan fingerprint density at radius 3 is 2.17 bits per heavy atom. The number of nitriles is 1. The molecule has 0 saturated carbocycles. The van der Waals surface area contributed by atoms with Crippen molar-refractivity contribution >= 4 is 27.9 Å². The number of para-hydroxylation sites is 1. The second-order valence-electron chi connectivity index (χ2n) is 11.0. The number of carbonyl (C=O) groups is 2. The van der Waals surface area contributed by atoms with Crippen LogP contribution in [0.4, 0.5) is 0 Å². The van der Waals surface area contributed by atoms with Gasteiger partial charge in [0.25, 0.3) is 11.8 Å². The first-order valence-electron chi connectivity index (χ1n) is 14.8. The fraction of sp³-hybridized carbons (Fsp3) is 0.200. The van der Waals surface area contributed by atoms with E-state index in [1.807, 2.05) is 66.7 Å². The van der Waals surface area contributed by atoms with Gasteiger partial charge < -0.3 is 4.74 Å². The average Bonchev–Trinajstić information content (AvgIpc) is 3.52. The summed E-state index contributed by atoms with van der Waals surface area (Å²) in [5.74, 6) is -1.17. The molecule has 10 nitrogen and oxygen atoms in total. The molecular formula is C35H31N5O5S. The second kappa shape index (κ2) is 12.7. The van der Waals surface area contributed by atoms with Crippen molar-refractivity contribution in [3.63, 3.8) is 0 Å². The van der Waals surface area contributed by atoms with E-state index in [9.17, 15) is 23.3 Å². The lowest BCUT2D eigenvalue weighted by Gasteiger charge is -2.32. The van der Waals surface area contributed by atoms with E-state index in [1.54, 1.807) is 55.1 Å². The van der Waals surface area contributed by atoms with Gasteiger partial charge in [0.15, 0.2) is 0 Å². The van der Waals surface area contributed by atoms with Crippen molar-refractivity contribution in [3.8, 4) is 23.0 Å². The minimum absolute atomic E-state index is 0.108. The molecule has 0 bridgehead atoms. The van der Waals surface area contributed by atoms with Gasteiger partial charge in [-0.1, -0.05) is 60.7 Å². The number of amides is 2. The first-order chi connectivity index (χ1) is 22.2. The summed E-state index contributed by atoms with van der Waals surface area (Å²) in [5.41, 5.74) is 3.56. The molecule has 0 N–H and O–H groups in total. The van der Waals surface area contributed by atoms with E-state index in [1.165, 1.54) is 4.31 Å². The number of ether oxygens (including phenoxy) is 1. The van der Waals surface area contributed by atoms with Crippen LogP contribution in [0.2, 0.25) is 0 Å². The molecule has 232 valence electrons. The molecule has 2 aliphatic heterocycles. The van der Waals surface area contributed by atoms with E-state index in [0.29, 0.717) is 30.0 Å². The molecule has 0 radical (unpaired) electrons. The zero-order chi connectivity index (χ0) is 32.4. The Morgan fingerprint density at radius 2 is 1.54 bits per heavy atom. The molecule has 11 heteroatoms. The molecule has 1 unspecified atom stereocenters. The molecule has 2 aliphatic rings. The molecule has 2 amide bonds. The van der Waals surface area contributed by atoms with Gasteiger partial charge in [0.05, 0.1) is 35.5 Å². The van der Waals surface area contributed by atoms with Gasteiger partial charge in [-0.2, -0.15) is 14.7 Å². The third-order valence-corrected chi connectivity index (χ3v) is 10.2. The molecule has 3 aromatic carbocycles. The molecule has 3 heterocycles. The number of hydrogen-bond acceptors (Lipinski definition) is 7. The van der Waals surface area contributed by atoms with Crippen LogP contribution in [0.15, 0.2) is 113 Å². The molecule has 1 aromatic heterocycles. The summed E-state index contributed by atoms with van der Waals surface area (Å²) in [4.78, 5) is 28.7. The van der Waals surface area contributed by atoms with E-state index < -0.39 is 27.9 Å². The Hall–Kier alpha value is -5.15. The summed E-state index contributed by atoms with van der Waals surface area (Å²) in [6.07, 6.45) is 3.41. The number of imide groups is 1. The van der Waals surface area contributed by atoms with Crippen LogP contribution in [0, 0.1) is 11.3 Å². The predicted octanol–water partition coefficient (Wildman–Crippen LogP) is 4.91.